The molecular weight excluding hydrogens is 386 g/mol. The SMILES string of the molecule is Cc1ccc(-c2csc3ncn(CCOC(=O)c4ccncc4)c(=O)c23)c(C)c1. The number of rotatable bonds is 5. The number of hydrogen-bond donors (Lipinski definition) is 0. The zero-order valence-corrected chi connectivity index (χ0v) is 16.9. The van der Waals surface area contributed by atoms with Crippen molar-refractivity contribution in [3.05, 3.63) is 81.5 Å². The van der Waals surface area contributed by atoms with E-state index in [2.05, 4.69) is 16.0 Å². The van der Waals surface area contributed by atoms with E-state index in [1.54, 1.807) is 12.1 Å². The fourth-order valence-electron chi connectivity index (χ4n) is 3.25. The number of esters is 1. The molecule has 7 heteroatoms. The summed E-state index contributed by atoms with van der Waals surface area (Å²) in [5.74, 6) is -0.444. The first kappa shape index (κ1) is 19.0. The van der Waals surface area contributed by atoms with E-state index in [1.807, 2.05) is 31.4 Å². The molecule has 0 radical (unpaired) electrons. The number of carbonyl (C=O) groups excluding carboxylic acids is 1. The van der Waals surface area contributed by atoms with Crippen molar-refractivity contribution in [2.24, 2.45) is 0 Å². The van der Waals surface area contributed by atoms with Crippen LogP contribution in [0.2, 0.25) is 0 Å². The Morgan fingerprint density at radius 3 is 2.69 bits per heavy atom. The summed E-state index contributed by atoms with van der Waals surface area (Å²) in [5.41, 5.74) is 4.51. The molecular formula is C22H19N3O3S. The number of thiophene rings is 1. The molecule has 0 fully saturated rings. The molecule has 0 aliphatic heterocycles. The Balaban J connectivity index is 1.59. The van der Waals surface area contributed by atoms with Crippen LogP contribution in [0, 0.1) is 13.8 Å². The third kappa shape index (κ3) is 3.82. The summed E-state index contributed by atoms with van der Waals surface area (Å²) in [7, 11) is 0. The van der Waals surface area contributed by atoms with Crippen LogP contribution in [0.15, 0.2) is 59.2 Å². The van der Waals surface area contributed by atoms with Crippen molar-refractivity contribution in [2.45, 2.75) is 20.4 Å². The van der Waals surface area contributed by atoms with Crippen molar-refractivity contribution in [3.8, 4) is 11.1 Å². The molecule has 0 aliphatic rings. The largest absolute Gasteiger partial charge is 0.460 e. The lowest BCUT2D eigenvalue weighted by Gasteiger charge is -2.09. The normalized spacial score (nSPS) is 11.0. The molecule has 4 rings (SSSR count). The molecule has 3 heterocycles. The number of aryl methyl sites for hydroxylation is 2. The number of ether oxygens (including phenoxy) is 1. The lowest BCUT2D eigenvalue weighted by atomic mass is 9.99. The molecule has 6 nitrogen and oxygen atoms in total. The molecule has 0 spiro atoms. The van der Waals surface area contributed by atoms with Crippen LogP contribution < -0.4 is 5.56 Å². The number of hydrogen-bond acceptors (Lipinski definition) is 6. The third-order valence-electron chi connectivity index (χ3n) is 4.71. The zero-order chi connectivity index (χ0) is 20.4. The summed E-state index contributed by atoms with van der Waals surface area (Å²) in [6.45, 7) is 4.40. The molecule has 1 aromatic carbocycles. The fourth-order valence-corrected chi connectivity index (χ4v) is 4.15. The Morgan fingerprint density at radius 1 is 1.14 bits per heavy atom. The summed E-state index contributed by atoms with van der Waals surface area (Å²) < 4.78 is 6.76. The Hall–Kier alpha value is -3.32. The molecule has 3 aromatic heterocycles. The highest BCUT2D eigenvalue weighted by molar-refractivity contribution is 7.17. The Bertz CT molecular complexity index is 1250. The van der Waals surface area contributed by atoms with E-state index in [0.29, 0.717) is 15.8 Å². The Kier molecular flexibility index (Phi) is 5.22. The molecule has 0 unspecified atom stereocenters. The number of pyridine rings is 1. The minimum atomic E-state index is -0.444. The Labute approximate surface area is 171 Å². The zero-order valence-electron chi connectivity index (χ0n) is 16.1. The molecule has 0 atom stereocenters. The summed E-state index contributed by atoms with van der Waals surface area (Å²) >= 11 is 1.45. The van der Waals surface area contributed by atoms with Crippen molar-refractivity contribution >= 4 is 27.5 Å². The summed E-state index contributed by atoms with van der Waals surface area (Å²) in [6.07, 6.45) is 4.57. The van der Waals surface area contributed by atoms with Gasteiger partial charge in [-0.15, -0.1) is 11.3 Å². The van der Waals surface area contributed by atoms with E-state index in [1.165, 1.54) is 40.2 Å². The van der Waals surface area contributed by atoms with Gasteiger partial charge in [0.15, 0.2) is 0 Å². The highest BCUT2D eigenvalue weighted by Gasteiger charge is 2.15. The first-order chi connectivity index (χ1) is 14.0. The van der Waals surface area contributed by atoms with E-state index in [4.69, 9.17) is 4.74 Å². The van der Waals surface area contributed by atoms with Crippen LogP contribution in [0.5, 0.6) is 0 Å². The molecule has 146 valence electrons. The number of benzene rings is 1. The number of aromatic nitrogens is 3. The van der Waals surface area contributed by atoms with Crippen LogP contribution in [-0.2, 0) is 11.3 Å². The van der Waals surface area contributed by atoms with Gasteiger partial charge in [-0.2, -0.15) is 0 Å². The van der Waals surface area contributed by atoms with Gasteiger partial charge in [-0.3, -0.25) is 14.3 Å². The topological polar surface area (TPSA) is 74.1 Å². The second-order valence-corrected chi connectivity index (χ2v) is 7.62. The smallest absolute Gasteiger partial charge is 0.338 e. The van der Waals surface area contributed by atoms with Gasteiger partial charge < -0.3 is 4.74 Å². The van der Waals surface area contributed by atoms with Crippen molar-refractivity contribution < 1.29 is 9.53 Å². The maximum Gasteiger partial charge on any atom is 0.338 e. The van der Waals surface area contributed by atoms with E-state index in [-0.39, 0.29) is 18.7 Å². The average Bonchev–Trinajstić information content (AvgIpc) is 3.15. The minimum Gasteiger partial charge on any atom is -0.460 e. The quantitative estimate of drug-likeness (QED) is 0.469. The highest BCUT2D eigenvalue weighted by atomic mass is 32.1. The molecule has 4 aromatic rings. The molecule has 0 N–H and O–H groups in total. The lowest BCUT2D eigenvalue weighted by molar-refractivity contribution is 0.0490. The van der Waals surface area contributed by atoms with E-state index in [9.17, 15) is 9.59 Å². The van der Waals surface area contributed by atoms with Crippen molar-refractivity contribution in [2.75, 3.05) is 6.61 Å². The van der Waals surface area contributed by atoms with Crippen molar-refractivity contribution in [1.82, 2.24) is 14.5 Å². The van der Waals surface area contributed by atoms with Gasteiger partial charge in [0.2, 0.25) is 0 Å². The van der Waals surface area contributed by atoms with Crippen LogP contribution in [0.3, 0.4) is 0 Å². The lowest BCUT2D eigenvalue weighted by Crippen LogP contribution is -2.23. The van der Waals surface area contributed by atoms with E-state index in [0.717, 1.165) is 16.7 Å². The molecule has 29 heavy (non-hydrogen) atoms. The minimum absolute atomic E-state index is 0.0806. The van der Waals surface area contributed by atoms with Gasteiger partial charge in [0.1, 0.15) is 11.4 Å². The summed E-state index contributed by atoms with van der Waals surface area (Å²) in [5, 5.41) is 2.58. The standard InChI is InChI=1S/C22H19N3O3S/c1-14-3-4-17(15(2)11-14)18-12-29-20-19(18)21(26)25(13-24-20)9-10-28-22(27)16-5-7-23-8-6-16/h3-8,11-13H,9-10H2,1-2H3. The molecule has 0 saturated heterocycles. The van der Waals surface area contributed by atoms with E-state index >= 15 is 0 Å². The molecule has 0 amide bonds. The highest BCUT2D eigenvalue weighted by Crippen LogP contribution is 2.32. The third-order valence-corrected chi connectivity index (χ3v) is 5.60. The summed E-state index contributed by atoms with van der Waals surface area (Å²) in [4.78, 5) is 34.1. The van der Waals surface area contributed by atoms with Gasteiger partial charge in [-0.1, -0.05) is 23.8 Å². The van der Waals surface area contributed by atoms with Crippen molar-refractivity contribution in [1.29, 1.82) is 0 Å². The van der Waals surface area contributed by atoms with Crippen LogP contribution in [-0.4, -0.2) is 27.1 Å². The van der Waals surface area contributed by atoms with Gasteiger partial charge in [0, 0.05) is 23.3 Å². The first-order valence-corrected chi connectivity index (χ1v) is 10.0. The molecule has 0 aliphatic carbocycles. The van der Waals surface area contributed by atoms with Crippen LogP contribution in [0.4, 0.5) is 0 Å². The maximum atomic E-state index is 13.1. The van der Waals surface area contributed by atoms with Gasteiger partial charge in [-0.25, -0.2) is 9.78 Å². The van der Waals surface area contributed by atoms with Gasteiger partial charge in [0.25, 0.3) is 5.56 Å². The predicted molar refractivity (Wildman–Crippen MR) is 113 cm³/mol. The fraction of sp³-hybridized carbons (Fsp3) is 0.182. The van der Waals surface area contributed by atoms with Gasteiger partial charge in [0.05, 0.1) is 23.8 Å². The first-order valence-electron chi connectivity index (χ1n) is 9.16. The van der Waals surface area contributed by atoms with E-state index < -0.39 is 5.97 Å². The maximum absolute atomic E-state index is 13.1. The Morgan fingerprint density at radius 2 is 1.93 bits per heavy atom. The average molecular weight is 405 g/mol. The number of fused-ring (bicyclic) bond motifs is 1. The number of carbonyl (C=O) groups is 1. The van der Waals surface area contributed by atoms with Crippen LogP contribution in [0.25, 0.3) is 21.3 Å². The predicted octanol–water partition coefficient (Wildman–Crippen LogP) is 3.99. The summed E-state index contributed by atoms with van der Waals surface area (Å²) in [6, 6.07) is 9.36. The van der Waals surface area contributed by atoms with Crippen molar-refractivity contribution in [3.63, 3.8) is 0 Å². The number of nitrogens with zero attached hydrogens (tertiary/aromatic N) is 3. The second kappa shape index (κ2) is 7.97. The van der Waals surface area contributed by atoms with Gasteiger partial charge >= 0.3 is 5.97 Å². The van der Waals surface area contributed by atoms with Crippen LogP contribution in [0.1, 0.15) is 21.5 Å². The molecule has 0 saturated carbocycles. The second-order valence-electron chi connectivity index (χ2n) is 6.76. The monoisotopic (exact) mass is 405 g/mol. The molecule has 0 bridgehead atoms. The van der Waals surface area contributed by atoms with Crippen LogP contribution >= 0.6 is 11.3 Å². The van der Waals surface area contributed by atoms with Gasteiger partial charge in [-0.05, 0) is 37.1 Å².